The van der Waals surface area contributed by atoms with Crippen LogP contribution in [0.25, 0.3) is 0 Å². The molecule has 0 fully saturated rings. The van der Waals surface area contributed by atoms with E-state index >= 15 is 0 Å². The first-order valence-corrected chi connectivity index (χ1v) is 8.87. The maximum absolute atomic E-state index is 12.6. The van der Waals surface area contributed by atoms with Crippen LogP contribution in [0.5, 0.6) is 0 Å². The quantitative estimate of drug-likeness (QED) is 0.782. The van der Waals surface area contributed by atoms with Crippen molar-refractivity contribution in [3.8, 4) is 0 Å². The first kappa shape index (κ1) is 18.8. The monoisotopic (exact) mass is 357 g/mol. The second-order valence-electron chi connectivity index (χ2n) is 4.32. The minimum absolute atomic E-state index is 0.0225. The number of hydrogen-bond acceptors (Lipinski definition) is 4. The summed E-state index contributed by atoms with van der Waals surface area (Å²) < 4.78 is 63.8. The standard InChI is InChI=1S/C12H14F3NO4S2/c1-21-6-5-10(11(17)18)16-22(19,20)9-4-2-3-8(7-9)12(13,14)15/h2-4,7,10,16H,5-6H2,1H3,(H,17,18)/t10-/m1/s1. The molecule has 1 atom stereocenters. The highest BCUT2D eigenvalue weighted by atomic mass is 32.2. The zero-order valence-electron chi connectivity index (χ0n) is 11.4. The molecule has 1 aromatic rings. The number of nitrogens with one attached hydrogen (secondary N) is 1. The SMILES string of the molecule is CSCC[C@@H](NS(=O)(=O)c1cccc(C(F)(F)F)c1)C(=O)O. The molecule has 0 bridgehead atoms. The van der Waals surface area contributed by atoms with Crippen LogP contribution in [0.15, 0.2) is 29.2 Å². The molecule has 0 radical (unpaired) electrons. The number of carbonyl (C=O) groups is 1. The summed E-state index contributed by atoms with van der Waals surface area (Å²) in [6.07, 6.45) is -2.94. The lowest BCUT2D eigenvalue weighted by atomic mass is 10.2. The second kappa shape index (κ2) is 7.34. The zero-order chi connectivity index (χ0) is 17.0. The molecular formula is C12H14F3NO4S2. The minimum atomic E-state index is -4.68. The van der Waals surface area contributed by atoms with Gasteiger partial charge in [0.2, 0.25) is 10.0 Å². The highest BCUT2D eigenvalue weighted by molar-refractivity contribution is 7.98. The number of hydrogen-bond donors (Lipinski definition) is 2. The van der Waals surface area contributed by atoms with E-state index in [0.717, 1.165) is 18.2 Å². The van der Waals surface area contributed by atoms with Gasteiger partial charge in [-0.2, -0.15) is 29.7 Å². The smallest absolute Gasteiger partial charge is 0.416 e. The van der Waals surface area contributed by atoms with Gasteiger partial charge in [0.15, 0.2) is 0 Å². The van der Waals surface area contributed by atoms with Crippen LogP contribution in [0, 0.1) is 0 Å². The number of benzene rings is 1. The molecule has 0 aliphatic heterocycles. The van der Waals surface area contributed by atoms with Crippen molar-refractivity contribution in [2.75, 3.05) is 12.0 Å². The summed E-state index contributed by atoms with van der Waals surface area (Å²) in [5.41, 5.74) is -1.12. The van der Waals surface area contributed by atoms with Gasteiger partial charge in [-0.1, -0.05) is 6.07 Å². The van der Waals surface area contributed by atoms with Crippen LogP contribution in [0.4, 0.5) is 13.2 Å². The van der Waals surface area contributed by atoms with E-state index in [4.69, 9.17) is 5.11 Å². The fraction of sp³-hybridized carbons (Fsp3) is 0.417. The maximum Gasteiger partial charge on any atom is 0.416 e. The lowest BCUT2D eigenvalue weighted by Crippen LogP contribution is -2.41. The van der Waals surface area contributed by atoms with Crippen molar-refractivity contribution in [3.05, 3.63) is 29.8 Å². The fourth-order valence-corrected chi connectivity index (χ4v) is 3.30. The Hall–Kier alpha value is -1.26. The fourth-order valence-electron chi connectivity index (χ4n) is 1.56. The Morgan fingerprint density at radius 2 is 2.05 bits per heavy atom. The molecule has 10 heteroatoms. The number of thioether (sulfide) groups is 1. The van der Waals surface area contributed by atoms with Crippen molar-refractivity contribution in [1.82, 2.24) is 4.72 Å². The summed E-state index contributed by atoms with van der Waals surface area (Å²) in [6, 6.07) is 1.74. The molecule has 0 saturated carbocycles. The van der Waals surface area contributed by atoms with Gasteiger partial charge in [-0.15, -0.1) is 0 Å². The molecule has 0 heterocycles. The first-order valence-electron chi connectivity index (χ1n) is 5.99. The Morgan fingerprint density at radius 3 is 2.55 bits per heavy atom. The van der Waals surface area contributed by atoms with Gasteiger partial charge in [0, 0.05) is 0 Å². The van der Waals surface area contributed by atoms with Crippen molar-refractivity contribution in [2.45, 2.75) is 23.5 Å². The average molecular weight is 357 g/mol. The van der Waals surface area contributed by atoms with Crippen LogP contribution in [0.3, 0.4) is 0 Å². The predicted octanol–water partition coefficient (Wildman–Crippen LogP) is 2.19. The predicted molar refractivity (Wildman–Crippen MR) is 76.2 cm³/mol. The number of alkyl halides is 3. The van der Waals surface area contributed by atoms with Crippen LogP contribution in [-0.4, -0.2) is 37.5 Å². The Bertz CT molecular complexity index is 632. The average Bonchev–Trinajstić information content (AvgIpc) is 2.42. The number of carboxylic acid groups (broad SMARTS) is 1. The highest BCUT2D eigenvalue weighted by Crippen LogP contribution is 2.30. The second-order valence-corrected chi connectivity index (χ2v) is 7.02. The maximum atomic E-state index is 12.6. The van der Waals surface area contributed by atoms with Crippen molar-refractivity contribution in [1.29, 1.82) is 0 Å². The highest BCUT2D eigenvalue weighted by Gasteiger charge is 2.32. The van der Waals surface area contributed by atoms with Crippen molar-refractivity contribution in [3.63, 3.8) is 0 Å². The van der Waals surface area contributed by atoms with Gasteiger partial charge in [0.05, 0.1) is 10.5 Å². The molecule has 5 nitrogen and oxygen atoms in total. The molecule has 0 aliphatic rings. The third kappa shape index (κ3) is 5.18. The van der Waals surface area contributed by atoms with Crippen LogP contribution in [0.2, 0.25) is 0 Å². The topological polar surface area (TPSA) is 83.5 Å². The van der Waals surface area contributed by atoms with E-state index in [9.17, 15) is 26.4 Å². The van der Waals surface area contributed by atoms with E-state index in [1.807, 2.05) is 4.72 Å². The molecule has 0 unspecified atom stereocenters. The molecule has 1 aromatic carbocycles. The normalized spacial score (nSPS) is 13.8. The molecule has 1 rings (SSSR count). The van der Waals surface area contributed by atoms with Gasteiger partial charge in [-0.25, -0.2) is 8.42 Å². The van der Waals surface area contributed by atoms with Crippen LogP contribution >= 0.6 is 11.8 Å². The molecule has 22 heavy (non-hydrogen) atoms. The van der Waals surface area contributed by atoms with E-state index in [2.05, 4.69) is 0 Å². The van der Waals surface area contributed by atoms with E-state index < -0.39 is 38.7 Å². The number of aliphatic carboxylic acids is 1. The summed E-state index contributed by atoms with van der Waals surface area (Å²) in [5.74, 6) is -0.994. The lowest BCUT2D eigenvalue weighted by Gasteiger charge is -2.15. The van der Waals surface area contributed by atoms with Gasteiger partial charge >= 0.3 is 12.1 Å². The van der Waals surface area contributed by atoms with Gasteiger partial charge in [-0.3, -0.25) is 4.79 Å². The Balaban J connectivity index is 3.05. The molecule has 0 aromatic heterocycles. The summed E-state index contributed by atoms with van der Waals surface area (Å²) in [5, 5.41) is 8.98. The Labute approximate surface area is 130 Å². The number of sulfonamides is 1. The zero-order valence-corrected chi connectivity index (χ0v) is 13.1. The number of halogens is 3. The van der Waals surface area contributed by atoms with Crippen LogP contribution < -0.4 is 4.72 Å². The molecule has 0 amide bonds. The largest absolute Gasteiger partial charge is 0.480 e. The number of carboxylic acids is 1. The molecule has 0 saturated heterocycles. The van der Waals surface area contributed by atoms with E-state index in [0.29, 0.717) is 11.8 Å². The van der Waals surface area contributed by atoms with E-state index in [1.165, 1.54) is 11.8 Å². The van der Waals surface area contributed by atoms with E-state index in [-0.39, 0.29) is 6.42 Å². The van der Waals surface area contributed by atoms with Gasteiger partial charge in [-0.05, 0) is 36.6 Å². The minimum Gasteiger partial charge on any atom is -0.480 e. The third-order valence-electron chi connectivity index (χ3n) is 2.68. The van der Waals surface area contributed by atoms with Crippen LogP contribution in [-0.2, 0) is 21.0 Å². The lowest BCUT2D eigenvalue weighted by molar-refractivity contribution is -0.139. The summed E-state index contributed by atoms with van der Waals surface area (Å²) in [7, 11) is -4.36. The molecule has 2 N–H and O–H groups in total. The molecule has 0 spiro atoms. The van der Waals surface area contributed by atoms with Gasteiger partial charge in [0.1, 0.15) is 6.04 Å². The summed E-state index contributed by atoms with van der Waals surface area (Å²) in [6.45, 7) is 0. The van der Waals surface area contributed by atoms with Crippen LogP contribution in [0.1, 0.15) is 12.0 Å². The van der Waals surface area contributed by atoms with Crippen molar-refractivity contribution < 1.29 is 31.5 Å². The van der Waals surface area contributed by atoms with E-state index in [1.54, 1.807) is 6.26 Å². The molecular weight excluding hydrogens is 343 g/mol. The van der Waals surface area contributed by atoms with Crippen molar-refractivity contribution >= 4 is 27.8 Å². The van der Waals surface area contributed by atoms with Gasteiger partial charge in [0.25, 0.3) is 0 Å². The Kier molecular flexibility index (Phi) is 6.27. The Morgan fingerprint density at radius 1 is 1.41 bits per heavy atom. The number of rotatable bonds is 7. The van der Waals surface area contributed by atoms with Crippen molar-refractivity contribution in [2.24, 2.45) is 0 Å². The van der Waals surface area contributed by atoms with Gasteiger partial charge < -0.3 is 5.11 Å². The summed E-state index contributed by atoms with van der Waals surface area (Å²) >= 11 is 1.33. The third-order valence-corrected chi connectivity index (χ3v) is 4.79. The summed E-state index contributed by atoms with van der Waals surface area (Å²) in [4.78, 5) is 10.4. The molecule has 0 aliphatic carbocycles. The first-order chi connectivity index (χ1) is 10.1. The molecule has 124 valence electrons.